The van der Waals surface area contributed by atoms with E-state index in [2.05, 4.69) is 17.3 Å². The highest BCUT2D eigenvalue weighted by Crippen LogP contribution is 2.27. The third kappa shape index (κ3) is 5.31. The van der Waals surface area contributed by atoms with Gasteiger partial charge in [0.2, 0.25) is 5.91 Å². The second-order valence-corrected chi connectivity index (χ2v) is 9.53. The van der Waals surface area contributed by atoms with Crippen molar-refractivity contribution in [2.45, 2.75) is 30.7 Å². The molecule has 1 saturated heterocycles. The van der Waals surface area contributed by atoms with E-state index < -0.39 is 10.0 Å². The molecule has 1 aliphatic rings. The number of hydrogen-bond acceptors (Lipinski definition) is 5. The lowest BCUT2D eigenvalue weighted by Gasteiger charge is -2.30. The first kappa shape index (κ1) is 22.1. The van der Waals surface area contributed by atoms with Crippen LogP contribution in [0.2, 0.25) is 0 Å². The number of piperidine rings is 1. The van der Waals surface area contributed by atoms with Crippen LogP contribution in [0.15, 0.2) is 53.4 Å². The van der Waals surface area contributed by atoms with Gasteiger partial charge in [-0.15, -0.1) is 0 Å². The molecule has 0 saturated carbocycles. The van der Waals surface area contributed by atoms with Crippen LogP contribution in [0.5, 0.6) is 5.75 Å². The Labute approximate surface area is 178 Å². The fraction of sp³-hybridized carbons (Fsp3) is 0.409. The Morgan fingerprint density at radius 3 is 2.47 bits per heavy atom. The third-order valence-electron chi connectivity index (χ3n) is 5.32. The van der Waals surface area contributed by atoms with Crippen LogP contribution in [-0.2, 0) is 14.8 Å². The van der Waals surface area contributed by atoms with Crippen LogP contribution < -0.4 is 14.4 Å². The minimum atomic E-state index is -3.93. The maximum absolute atomic E-state index is 13.4. The predicted molar refractivity (Wildman–Crippen MR) is 117 cm³/mol. The Kier molecular flexibility index (Phi) is 6.99. The number of methoxy groups -OCH3 is 1. The molecule has 2 aromatic carbocycles. The van der Waals surface area contributed by atoms with E-state index >= 15 is 0 Å². The number of carbonyl (C=O) groups excluding carboxylic acids is 1. The molecule has 3 rings (SSSR count). The van der Waals surface area contributed by atoms with Crippen LogP contribution in [0.25, 0.3) is 0 Å². The number of likely N-dealkylation sites (tertiary alicyclic amines) is 1. The van der Waals surface area contributed by atoms with Crippen molar-refractivity contribution in [3.05, 3.63) is 54.1 Å². The number of benzene rings is 2. The fourth-order valence-electron chi connectivity index (χ4n) is 3.47. The van der Waals surface area contributed by atoms with Crippen LogP contribution in [0.1, 0.15) is 18.4 Å². The van der Waals surface area contributed by atoms with E-state index in [9.17, 15) is 13.2 Å². The number of sulfonamides is 1. The Morgan fingerprint density at radius 1 is 1.17 bits per heavy atom. The van der Waals surface area contributed by atoms with Gasteiger partial charge in [0.15, 0.2) is 0 Å². The van der Waals surface area contributed by atoms with E-state index in [0.29, 0.717) is 11.4 Å². The lowest BCUT2D eigenvalue weighted by Crippen LogP contribution is -2.47. The van der Waals surface area contributed by atoms with Gasteiger partial charge in [-0.3, -0.25) is 9.10 Å². The third-order valence-corrected chi connectivity index (χ3v) is 7.11. The summed E-state index contributed by atoms with van der Waals surface area (Å²) in [5.41, 5.74) is 1.34. The summed E-state index contributed by atoms with van der Waals surface area (Å²) < 4.78 is 33.2. The molecule has 0 aromatic heterocycles. The van der Waals surface area contributed by atoms with Crippen molar-refractivity contribution < 1.29 is 17.9 Å². The number of aryl methyl sites for hydroxylation is 1. The molecule has 2 aromatic rings. The second kappa shape index (κ2) is 9.49. The topological polar surface area (TPSA) is 79.0 Å². The molecule has 0 bridgehead atoms. The standard InChI is InChI=1S/C22H29N3O4S/c1-17-7-9-21(10-8-17)30(27,28)25(19-5-4-6-20(15-19)29-3)16-22(26)23-18-11-13-24(2)14-12-18/h4-10,15,18H,11-14,16H2,1-3H3,(H,23,26). The highest BCUT2D eigenvalue weighted by atomic mass is 32.2. The zero-order chi connectivity index (χ0) is 21.7. The normalized spacial score (nSPS) is 15.6. The molecule has 1 N–H and O–H groups in total. The molecular weight excluding hydrogens is 402 g/mol. The van der Waals surface area contributed by atoms with Gasteiger partial charge in [-0.2, -0.15) is 0 Å². The van der Waals surface area contributed by atoms with E-state index in [0.717, 1.165) is 35.8 Å². The van der Waals surface area contributed by atoms with Crippen LogP contribution in [0, 0.1) is 6.92 Å². The summed E-state index contributed by atoms with van der Waals surface area (Å²) in [6, 6.07) is 13.4. The van der Waals surface area contributed by atoms with Crippen molar-refractivity contribution >= 4 is 21.6 Å². The van der Waals surface area contributed by atoms with Gasteiger partial charge < -0.3 is 15.0 Å². The molecule has 0 atom stereocenters. The summed E-state index contributed by atoms with van der Waals surface area (Å²) in [6.07, 6.45) is 1.71. The van der Waals surface area contributed by atoms with Crippen LogP contribution in [0.4, 0.5) is 5.69 Å². The van der Waals surface area contributed by atoms with E-state index in [1.54, 1.807) is 48.5 Å². The molecule has 1 amide bonds. The van der Waals surface area contributed by atoms with Gasteiger partial charge in [0, 0.05) is 12.1 Å². The van der Waals surface area contributed by atoms with Crippen molar-refractivity contribution in [1.29, 1.82) is 0 Å². The van der Waals surface area contributed by atoms with E-state index in [4.69, 9.17) is 4.74 Å². The number of rotatable bonds is 7. The van der Waals surface area contributed by atoms with E-state index in [1.807, 2.05) is 6.92 Å². The first-order valence-electron chi connectivity index (χ1n) is 10.0. The van der Waals surface area contributed by atoms with Gasteiger partial charge in [-0.1, -0.05) is 23.8 Å². The summed E-state index contributed by atoms with van der Waals surface area (Å²) in [5.74, 6) is 0.204. The summed E-state index contributed by atoms with van der Waals surface area (Å²) in [5, 5.41) is 3.00. The Bertz CT molecular complexity index is 968. The molecule has 1 heterocycles. The van der Waals surface area contributed by atoms with Crippen molar-refractivity contribution in [2.24, 2.45) is 0 Å². The molecule has 1 fully saturated rings. The smallest absolute Gasteiger partial charge is 0.264 e. The SMILES string of the molecule is COc1cccc(N(CC(=O)NC2CCN(C)CC2)S(=O)(=O)c2ccc(C)cc2)c1. The van der Waals surface area contributed by atoms with Crippen molar-refractivity contribution in [3.63, 3.8) is 0 Å². The zero-order valence-corrected chi connectivity index (χ0v) is 18.5. The minimum absolute atomic E-state index is 0.0583. The number of nitrogens with zero attached hydrogens (tertiary/aromatic N) is 2. The highest BCUT2D eigenvalue weighted by Gasteiger charge is 2.28. The van der Waals surface area contributed by atoms with Gasteiger partial charge >= 0.3 is 0 Å². The second-order valence-electron chi connectivity index (χ2n) is 7.67. The monoisotopic (exact) mass is 431 g/mol. The maximum atomic E-state index is 13.4. The minimum Gasteiger partial charge on any atom is -0.497 e. The van der Waals surface area contributed by atoms with E-state index in [-0.39, 0.29) is 23.4 Å². The van der Waals surface area contributed by atoms with Crippen molar-refractivity contribution in [3.8, 4) is 5.75 Å². The Morgan fingerprint density at radius 2 is 1.83 bits per heavy atom. The first-order valence-corrected chi connectivity index (χ1v) is 11.4. The Hall–Kier alpha value is -2.58. The number of carbonyl (C=O) groups is 1. The largest absolute Gasteiger partial charge is 0.497 e. The van der Waals surface area contributed by atoms with Crippen LogP contribution in [-0.4, -0.2) is 59.1 Å². The van der Waals surface area contributed by atoms with E-state index in [1.165, 1.54) is 7.11 Å². The first-order chi connectivity index (χ1) is 14.3. The summed E-state index contributed by atoms with van der Waals surface area (Å²) in [7, 11) is -0.361. The molecule has 30 heavy (non-hydrogen) atoms. The molecular formula is C22H29N3O4S. The molecule has 162 valence electrons. The molecule has 0 radical (unpaired) electrons. The summed E-state index contributed by atoms with van der Waals surface area (Å²) >= 11 is 0. The number of nitrogens with one attached hydrogen (secondary N) is 1. The fourth-order valence-corrected chi connectivity index (χ4v) is 4.89. The summed E-state index contributed by atoms with van der Waals surface area (Å²) in [6.45, 7) is 3.42. The predicted octanol–water partition coefficient (Wildman–Crippen LogP) is 2.41. The lowest BCUT2D eigenvalue weighted by atomic mass is 10.1. The number of hydrogen-bond donors (Lipinski definition) is 1. The van der Waals surface area contributed by atoms with Crippen molar-refractivity contribution in [2.75, 3.05) is 38.1 Å². The van der Waals surface area contributed by atoms with Crippen molar-refractivity contribution in [1.82, 2.24) is 10.2 Å². The van der Waals surface area contributed by atoms with Crippen LogP contribution >= 0.6 is 0 Å². The quantitative estimate of drug-likeness (QED) is 0.728. The van der Waals surface area contributed by atoms with Gasteiger partial charge in [-0.25, -0.2) is 8.42 Å². The van der Waals surface area contributed by atoms with Gasteiger partial charge in [-0.05, 0) is 64.2 Å². The Balaban J connectivity index is 1.87. The van der Waals surface area contributed by atoms with Gasteiger partial charge in [0.05, 0.1) is 17.7 Å². The zero-order valence-electron chi connectivity index (χ0n) is 17.7. The molecule has 0 unspecified atom stereocenters. The molecule has 0 spiro atoms. The van der Waals surface area contributed by atoms with Gasteiger partial charge in [0.25, 0.3) is 10.0 Å². The number of ether oxygens (including phenoxy) is 1. The maximum Gasteiger partial charge on any atom is 0.264 e. The molecule has 0 aliphatic carbocycles. The molecule has 1 aliphatic heterocycles. The number of amides is 1. The average Bonchev–Trinajstić information content (AvgIpc) is 2.74. The summed E-state index contributed by atoms with van der Waals surface area (Å²) in [4.78, 5) is 15.2. The molecule has 7 nitrogen and oxygen atoms in total. The highest BCUT2D eigenvalue weighted by molar-refractivity contribution is 7.92. The van der Waals surface area contributed by atoms with Crippen LogP contribution in [0.3, 0.4) is 0 Å². The lowest BCUT2D eigenvalue weighted by molar-refractivity contribution is -0.120. The molecule has 8 heteroatoms. The van der Waals surface area contributed by atoms with Gasteiger partial charge in [0.1, 0.15) is 12.3 Å². The average molecular weight is 432 g/mol. The number of anilines is 1.